The molecule has 2 heteroatoms. The molecule has 0 aromatic heterocycles. The molecule has 2 fully saturated rings. The van der Waals surface area contributed by atoms with Crippen LogP contribution in [0.25, 0.3) is 0 Å². The second kappa shape index (κ2) is 5.41. The second-order valence-electron chi connectivity index (χ2n) is 9.36. The van der Waals surface area contributed by atoms with Crippen molar-refractivity contribution >= 4 is 12.1 Å². The zero-order valence-corrected chi connectivity index (χ0v) is 15.3. The Kier molecular flexibility index (Phi) is 3.67. The molecule has 0 aromatic carbocycles. The molecule has 1 unspecified atom stereocenters. The standard InChI is InChI=1S/C22H30O2/c1-14(13-23)18-6-7-19-17-5-4-15-12-16(24)8-10-21(15,2)20(17)9-11-22(18,19)3/h4-5,12-14,17-20H,6-11H2,1-3H3/t14-,17?,18-,19+,20+,21+,22-/m1/s1. The maximum absolute atomic E-state index is 11.9. The van der Waals surface area contributed by atoms with Crippen molar-refractivity contribution in [3.63, 3.8) is 0 Å². The molecule has 0 bridgehead atoms. The van der Waals surface area contributed by atoms with Gasteiger partial charge in [-0.2, -0.15) is 0 Å². The Morgan fingerprint density at radius 3 is 2.71 bits per heavy atom. The summed E-state index contributed by atoms with van der Waals surface area (Å²) in [5.74, 6) is 3.03. The minimum Gasteiger partial charge on any atom is -0.303 e. The molecule has 24 heavy (non-hydrogen) atoms. The number of rotatable bonds is 2. The van der Waals surface area contributed by atoms with Gasteiger partial charge in [0.05, 0.1) is 0 Å². The van der Waals surface area contributed by atoms with Gasteiger partial charge in [0.25, 0.3) is 0 Å². The SMILES string of the molecule is C[C@H](C=O)[C@H]1CC[C@H]2C3C=CC4=CC(=O)CC[C@]4(C)[C@H]3CC[C@]12C. The highest BCUT2D eigenvalue weighted by molar-refractivity contribution is 5.92. The lowest BCUT2D eigenvalue weighted by Crippen LogP contribution is -2.49. The van der Waals surface area contributed by atoms with Gasteiger partial charge in [-0.1, -0.05) is 32.9 Å². The molecule has 0 saturated heterocycles. The zero-order chi connectivity index (χ0) is 17.1. The molecule has 130 valence electrons. The second-order valence-corrected chi connectivity index (χ2v) is 9.36. The summed E-state index contributed by atoms with van der Waals surface area (Å²) in [4.78, 5) is 23.3. The Bertz CT molecular complexity index is 630. The molecular formula is C22H30O2. The molecule has 0 amide bonds. The fourth-order valence-corrected chi connectivity index (χ4v) is 7.00. The Labute approximate surface area is 145 Å². The van der Waals surface area contributed by atoms with Crippen LogP contribution in [0, 0.1) is 40.4 Å². The van der Waals surface area contributed by atoms with Gasteiger partial charge in [0, 0.05) is 12.3 Å². The Hall–Kier alpha value is -1.18. The van der Waals surface area contributed by atoms with Crippen molar-refractivity contribution in [3.05, 3.63) is 23.8 Å². The highest BCUT2D eigenvalue weighted by Gasteiger charge is 2.58. The topological polar surface area (TPSA) is 34.1 Å². The lowest BCUT2D eigenvalue weighted by atomic mass is 9.48. The van der Waals surface area contributed by atoms with Gasteiger partial charge < -0.3 is 4.79 Å². The van der Waals surface area contributed by atoms with Gasteiger partial charge in [0.1, 0.15) is 6.29 Å². The van der Waals surface area contributed by atoms with E-state index >= 15 is 0 Å². The number of ketones is 1. The van der Waals surface area contributed by atoms with Crippen molar-refractivity contribution in [2.45, 2.75) is 59.3 Å². The fraction of sp³-hybridized carbons (Fsp3) is 0.727. The van der Waals surface area contributed by atoms with E-state index in [1.807, 2.05) is 6.08 Å². The number of hydrogen-bond acceptors (Lipinski definition) is 2. The average molecular weight is 326 g/mol. The third-order valence-corrected chi connectivity index (χ3v) is 8.44. The lowest BCUT2D eigenvalue weighted by Gasteiger charge is -2.56. The summed E-state index contributed by atoms with van der Waals surface area (Å²) < 4.78 is 0. The first kappa shape index (κ1) is 16.3. The van der Waals surface area contributed by atoms with E-state index in [9.17, 15) is 9.59 Å². The first-order valence-corrected chi connectivity index (χ1v) is 9.78. The van der Waals surface area contributed by atoms with Crippen LogP contribution in [0.1, 0.15) is 59.3 Å². The van der Waals surface area contributed by atoms with Gasteiger partial charge in [-0.25, -0.2) is 0 Å². The number of aldehydes is 1. The van der Waals surface area contributed by atoms with E-state index in [1.54, 1.807) is 0 Å². The number of hydrogen-bond donors (Lipinski definition) is 0. The van der Waals surface area contributed by atoms with Gasteiger partial charge in [-0.3, -0.25) is 4.79 Å². The number of fused-ring (bicyclic) bond motifs is 5. The number of carbonyl (C=O) groups is 2. The highest BCUT2D eigenvalue weighted by atomic mass is 16.1. The molecule has 2 saturated carbocycles. The smallest absolute Gasteiger partial charge is 0.156 e. The average Bonchev–Trinajstić information content (AvgIpc) is 2.92. The molecule has 0 N–H and O–H groups in total. The first-order chi connectivity index (χ1) is 11.4. The molecule has 2 nitrogen and oxygen atoms in total. The fourth-order valence-electron chi connectivity index (χ4n) is 7.00. The summed E-state index contributed by atoms with van der Waals surface area (Å²) in [6, 6.07) is 0. The molecule has 0 radical (unpaired) electrons. The largest absolute Gasteiger partial charge is 0.303 e. The van der Waals surface area contributed by atoms with E-state index in [-0.39, 0.29) is 11.3 Å². The molecule has 4 rings (SSSR count). The normalized spacial score (nSPS) is 48.1. The van der Waals surface area contributed by atoms with E-state index in [0.29, 0.717) is 41.3 Å². The van der Waals surface area contributed by atoms with E-state index in [0.717, 1.165) is 6.42 Å². The van der Waals surface area contributed by atoms with Crippen molar-refractivity contribution < 1.29 is 9.59 Å². The van der Waals surface area contributed by atoms with Crippen molar-refractivity contribution in [3.8, 4) is 0 Å². The molecule has 7 atom stereocenters. The Balaban J connectivity index is 1.70. The van der Waals surface area contributed by atoms with Crippen LogP contribution < -0.4 is 0 Å². The van der Waals surface area contributed by atoms with Gasteiger partial charge in [-0.15, -0.1) is 0 Å². The van der Waals surface area contributed by atoms with Crippen LogP contribution in [0.5, 0.6) is 0 Å². The quantitative estimate of drug-likeness (QED) is 0.687. The van der Waals surface area contributed by atoms with Gasteiger partial charge in [-0.05, 0) is 78.3 Å². The summed E-state index contributed by atoms with van der Waals surface area (Å²) >= 11 is 0. The monoisotopic (exact) mass is 326 g/mol. The maximum Gasteiger partial charge on any atom is 0.156 e. The number of allylic oxidation sites excluding steroid dienone is 4. The molecule has 4 aliphatic rings. The summed E-state index contributed by atoms with van der Waals surface area (Å²) in [6.45, 7) is 6.97. The van der Waals surface area contributed by atoms with Crippen molar-refractivity contribution in [2.75, 3.05) is 0 Å². The maximum atomic E-state index is 11.9. The van der Waals surface area contributed by atoms with Crippen LogP contribution in [-0.4, -0.2) is 12.1 Å². The molecule has 0 spiro atoms. The molecule has 0 heterocycles. The van der Waals surface area contributed by atoms with Crippen LogP contribution >= 0.6 is 0 Å². The highest BCUT2D eigenvalue weighted by Crippen LogP contribution is 2.65. The van der Waals surface area contributed by atoms with E-state index in [4.69, 9.17) is 0 Å². The number of carbonyl (C=O) groups excluding carboxylic acids is 2. The third kappa shape index (κ3) is 2.07. The summed E-state index contributed by atoms with van der Waals surface area (Å²) in [5.41, 5.74) is 1.77. The van der Waals surface area contributed by atoms with E-state index < -0.39 is 0 Å². The van der Waals surface area contributed by atoms with Crippen LogP contribution in [0.15, 0.2) is 23.8 Å². The van der Waals surface area contributed by atoms with Gasteiger partial charge in [0.15, 0.2) is 5.78 Å². The van der Waals surface area contributed by atoms with E-state index in [1.165, 1.54) is 37.5 Å². The Morgan fingerprint density at radius 1 is 1.17 bits per heavy atom. The van der Waals surface area contributed by atoms with Gasteiger partial charge >= 0.3 is 0 Å². The molecule has 0 aromatic rings. The molecular weight excluding hydrogens is 296 g/mol. The summed E-state index contributed by atoms with van der Waals surface area (Å²) in [5, 5.41) is 0. The van der Waals surface area contributed by atoms with Crippen LogP contribution in [0.2, 0.25) is 0 Å². The molecule has 4 aliphatic carbocycles. The molecule has 0 aliphatic heterocycles. The first-order valence-electron chi connectivity index (χ1n) is 9.78. The van der Waals surface area contributed by atoms with Crippen molar-refractivity contribution in [2.24, 2.45) is 40.4 Å². The summed E-state index contributed by atoms with van der Waals surface area (Å²) in [7, 11) is 0. The van der Waals surface area contributed by atoms with E-state index in [2.05, 4.69) is 32.9 Å². The third-order valence-electron chi connectivity index (χ3n) is 8.44. The lowest BCUT2D eigenvalue weighted by molar-refractivity contribution is -0.116. The minimum absolute atomic E-state index is 0.183. The van der Waals surface area contributed by atoms with Crippen LogP contribution in [0.3, 0.4) is 0 Å². The summed E-state index contributed by atoms with van der Waals surface area (Å²) in [6.07, 6.45) is 14.5. The predicted octanol–water partition coefficient (Wildman–Crippen LogP) is 4.75. The van der Waals surface area contributed by atoms with Crippen LogP contribution in [0.4, 0.5) is 0 Å². The van der Waals surface area contributed by atoms with Gasteiger partial charge in [0.2, 0.25) is 0 Å². The van der Waals surface area contributed by atoms with Crippen molar-refractivity contribution in [1.82, 2.24) is 0 Å². The minimum atomic E-state index is 0.183. The predicted molar refractivity (Wildman–Crippen MR) is 95.3 cm³/mol. The van der Waals surface area contributed by atoms with Crippen LogP contribution in [-0.2, 0) is 9.59 Å². The Morgan fingerprint density at radius 2 is 1.96 bits per heavy atom. The van der Waals surface area contributed by atoms with Crippen molar-refractivity contribution in [1.29, 1.82) is 0 Å². The zero-order valence-electron chi connectivity index (χ0n) is 15.3.